The molecule has 19 heavy (non-hydrogen) atoms. The van der Waals surface area contributed by atoms with Gasteiger partial charge in [-0.05, 0) is 42.9 Å². The van der Waals surface area contributed by atoms with Crippen LogP contribution in [0, 0.1) is 23.7 Å². The fourth-order valence-corrected chi connectivity index (χ4v) is 4.48. The van der Waals surface area contributed by atoms with Gasteiger partial charge >= 0.3 is 0 Å². The number of fused-ring (bicyclic) bond motifs is 2. The molecule has 2 fully saturated rings. The van der Waals surface area contributed by atoms with E-state index in [1.807, 2.05) is 13.0 Å². The average molecular weight is 260 g/mol. The van der Waals surface area contributed by atoms with Gasteiger partial charge in [-0.25, -0.2) is 4.98 Å². The van der Waals surface area contributed by atoms with Crippen LogP contribution < -0.4 is 11.1 Å². The lowest BCUT2D eigenvalue weighted by Gasteiger charge is -2.43. The van der Waals surface area contributed by atoms with E-state index in [1.165, 1.54) is 19.3 Å². The molecule has 0 amide bonds. The number of nitrogens with two attached hydrogens (primary N) is 1. The predicted octanol–water partition coefficient (Wildman–Crippen LogP) is 2.99. The summed E-state index contributed by atoms with van der Waals surface area (Å²) in [5.74, 6) is 2.06. The van der Waals surface area contributed by atoms with Crippen molar-refractivity contribution < 1.29 is 0 Å². The average Bonchev–Trinajstić information content (AvgIpc) is 2.74. The van der Waals surface area contributed by atoms with Crippen molar-refractivity contribution in [3.63, 3.8) is 0 Å². The van der Waals surface area contributed by atoms with E-state index in [-0.39, 0.29) is 0 Å². The number of hydrogen-bond donors (Lipinski definition) is 2. The number of aryl methyl sites for hydroxylation is 1. The van der Waals surface area contributed by atoms with Crippen molar-refractivity contribution in [1.29, 1.82) is 0 Å². The lowest BCUT2D eigenvalue weighted by molar-refractivity contribution is 0.155. The summed E-state index contributed by atoms with van der Waals surface area (Å²) < 4.78 is 0. The Balaban J connectivity index is 1.90. The highest BCUT2D eigenvalue weighted by Crippen LogP contribution is 2.63. The first-order valence-electron chi connectivity index (χ1n) is 7.19. The van der Waals surface area contributed by atoms with Gasteiger partial charge in [0, 0.05) is 17.8 Å². The van der Waals surface area contributed by atoms with E-state index in [2.05, 4.69) is 36.1 Å². The van der Waals surface area contributed by atoms with Crippen LogP contribution in [0.3, 0.4) is 0 Å². The van der Waals surface area contributed by atoms with E-state index in [0.29, 0.717) is 22.8 Å². The molecule has 2 saturated carbocycles. The molecular formula is C15H24N4. The lowest BCUT2D eigenvalue weighted by atomic mass is 9.68. The molecule has 2 aliphatic carbocycles. The van der Waals surface area contributed by atoms with Gasteiger partial charge in [-0.15, -0.1) is 0 Å². The Morgan fingerprint density at radius 1 is 1.32 bits per heavy atom. The zero-order valence-electron chi connectivity index (χ0n) is 12.3. The van der Waals surface area contributed by atoms with Gasteiger partial charge in [0.2, 0.25) is 5.95 Å². The summed E-state index contributed by atoms with van der Waals surface area (Å²) in [7, 11) is 0. The molecule has 4 heteroatoms. The van der Waals surface area contributed by atoms with E-state index >= 15 is 0 Å². The van der Waals surface area contributed by atoms with E-state index in [9.17, 15) is 0 Å². The third-order valence-electron chi connectivity index (χ3n) is 5.43. The SMILES string of the molecule is Cc1cc(NC2C3(C)CCC(C3)C2(C)C)nc(N)n1. The molecule has 1 aromatic heterocycles. The van der Waals surface area contributed by atoms with E-state index in [4.69, 9.17) is 5.73 Å². The highest BCUT2D eigenvalue weighted by molar-refractivity contribution is 5.43. The number of hydrogen-bond acceptors (Lipinski definition) is 4. The van der Waals surface area contributed by atoms with Crippen LogP contribution in [0.1, 0.15) is 45.7 Å². The summed E-state index contributed by atoms with van der Waals surface area (Å²) in [4.78, 5) is 8.47. The van der Waals surface area contributed by atoms with Gasteiger partial charge in [-0.3, -0.25) is 0 Å². The minimum absolute atomic E-state index is 0.320. The summed E-state index contributed by atoms with van der Waals surface area (Å²) in [5, 5.41) is 3.65. The van der Waals surface area contributed by atoms with Crippen LogP contribution in [0.4, 0.5) is 11.8 Å². The molecule has 3 rings (SSSR count). The predicted molar refractivity (Wildman–Crippen MR) is 77.8 cm³/mol. The molecule has 1 aromatic rings. The van der Waals surface area contributed by atoms with Gasteiger partial charge in [0.05, 0.1) is 0 Å². The van der Waals surface area contributed by atoms with E-state index in [1.54, 1.807) is 0 Å². The van der Waals surface area contributed by atoms with Gasteiger partial charge in [0.15, 0.2) is 0 Å². The number of nitrogens with one attached hydrogen (secondary N) is 1. The fraction of sp³-hybridized carbons (Fsp3) is 0.733. The first kappa shape index (κ1) is 12.7. The number of nitrogens with zero attached hydrogens (tertiary/aromatic N) is 2. The quantitative estimate of drug-likeness (QED) is 0.858. The van der Waals surface area contributed by atoms with Crippen LogP contribution in [-0.4, -0.2) is 16.0 Å². The third kappa shape index (κ3) is 1.88. The molecule has 0 saturated heterocycles. The van der Waals surface area contributed by atoms with Gasteiger partial charge in [0.1, 0.15) is 5.82 Å². The van der Waals surface area contributed by atoms with E-state index < -0.39 is 0 Å². The maximum atomic E-state index is 5.75. The molecule has 0 aliphatic heterocycles. The molecule has 0 spiro atoms. The van der Waals surface area contributed by atoms with Crippen molar-refractivity contribution >= 4 is 11.8 Å². The molecule has 0 radical (unpaired) electrons. The highest BCUT2D eigenvalue weighted by Gasteiger charge is 2.59. The zero-order valence-corrected chi connectivity index (χ0v) is 12.3. The minimum Gasteiger partial charge on any atom is -0.368 e. The molecule has 2 aliphatic rings. The van der Waals surface area contributed by atoms with Gasteiger partial charge in [-0.2, -0.15) is 4.98 Å². The Morgan fingerprint density at radius 2 is 2.05 bits per heavy atom. The molecular weight excluding hydrogens is 236 g/mol. The molecule has 3 unspecified atom stereocenters. The number of anilines is 2. The molecule has 104 valence electrons. The molecule has 4 nitrogen and oxygen atoms in total. The molecule has 2 bridgehead atoms. The van der Waals surface area contributed by atoms with Gasteiger partial charge in [-0.1, -0.05) is 20.8 Å². The van der Waals surface area contributed by atoms with E-state index in [0.717, 1.165) is 17.4 Å². The standard InChI is InChI=1S/C15H24N4/c1-9-7-11(19-13(16)17-9)18-12-14(2,3)10-5-6-15(12,4)8-10/h7,10,12H,5-6,8H2,1-4H3,(H3,16,17,18,19). The monoisotopic (exact) mass is 260 g/mol. The maximum Gasteiger partial charge on any atom is 0.222 e. The summed E-state index contributed by atoms with van der Waals surface area (Å²) in [6.07, 6.45) is 4.02. The largest absolute Gasteiger partial charge is 0.368 e. The topological polar surface area (TPSA) is 63.8 Å². The van der Waals surface area contributed by atoms with Crippen LogP contribution >= 0.6 is 0 Å². The van der Waals surface area contributed by atoms with Crippen LogP contribution in [0.25, 0.3) is 0 Å². The summed E-state index contributed by atoms with van der Waals surface area (Å²) in [6.45, 7) is 9.14. The van der Waals surface area contributed by atoms with Crippen molar-refractivity contribution in [1.82, 2.24) is 9.97 Å². The molecule has 1 heterocycles. The first-order valence-corrected chi connectivity index (χ1v) is 7.19. The Morgan fingerprint density at radius 3 is 2.63 bits per heavy atom. The van der Waals surface area contributed by atoms with Gasteiger partial charge < -0.3 is 11.1 Å². The highest BCUT2D eigenvalue weighted by atomic mass is 15.1. The molecule has 3 atom stereocenters. The third-order valence-corrected chi connectivity index (χ3v) is 5.43. The van der Waals surface area contributed by atoms with Crippen LogP contribution in [0.2, 0.25) is 0 Å². The Labute approximate surface area is 115 Å². The smallest absolute Gasteiger partial charge is 0.222 e. The van der Waals surface area contributed by atoms with Crippen LogP contribution in [0.5, 0.6) is 0 Å². The second kappa shape index (κ2) is 3.84. The summed E-state index contributed by atoms with van der Waals surface area (Å²) in [5.41, 5.74) is 7.38. The number of nitrogen functional groups attached to an aromatic ring is 1. The zero-order chi connectivity index (χ0) is 13.8. The maximum absolute atomic E-state index is 5.75. The number of aromatic nitrogens is 2. The Bertz CT molecular complexity index is 486. The van der Waals surface area contributed by atoms with Crippen LogP contribution in [0.15, 0.2) is 6.07 Å². The normalized spacial score (nSPS) is 35.6. The summed E-state index contributed by atoms with van der Waals surface area (Å²) in [6, 6.07) is 2.45. The number of rotatable bonds is 2. The first-order chi connectivity index (χ1) is 8.81. The van der Waals surface area contributed by atoms with Crippen molar-refractivity contribution in [2.75, 3.05) is 11.1 Å². The lowest BCUT2D eigenvalue weighted by Crippen LogP contribution is -2.46. The van der Waals surface area contributed by atoms with Gasteiger partial charge in [0.25, 0.3) is 0 Å². The van der Waals surface area contributed by atoms with Crippen molar-refractivity contribution in [2.24, 2.45) is 16.7 Å². The van der Waals surface area contributed by atoms with Crippen LogP contribution in [-0.2, 0) is 0 Å². The minimum atomic E-state index is 0.320. The fourth-order valence-electron chi connectivity index (χ4n) is 4.48. The summed E-state index contributed by atoms with van der Waals surface area (Å²) >= 11 is 0. The Kier molecular flexibility index (Phi) is 2.57. The Hall–Kier alpha value is -1.32. The molecule has 0 aromatic carbocycles. The molecule has 3 N–H and O–H groups in total. The van der Waals surface area contributed by atoms with Crippen molar-refractivity contribution in [3.05, 3.63) is 11.8 Å². The van der Waals surface area contributed by atoms with Crippen molar-refractivity contribution in [3.8, 4) is 0 Å². The van der Waals surface area contributed by atoms with Crippen molar-refractivity contribution in [2.45, 2.75) is 53.0 Å². The second-order valence-corrected chi connectivity index (χ2v) is 7.25. The second-order valence-electron chi connectivity index (χ2n) is 7.25.